The maximum Gasteiger partial charge on any atom is 0.256 e. The lowest BCUT2D eigenvalue weighted by molar-refractivity contribution is -0.299. The van der Waals surface area contributed by atoms with Gasteiger partial charge < -0.3 is 15.2 Å². The van der Waals surface area contributed by atoms with Gasteiger partial charge in [-0.1, -0.05) is 42.5 Å². The largest absolute Gasteiger partial charge is 0.543 e. The van der Waals surface area contributed by atoms with Crippen molar-refractivity contribution in [2.24, 2.45) is 0 Å². The Balaban J connectivity index is 2.26. The Morgan fingerprint density at radius 1 is 1.00 bits per heavy atom. The average molecular weight is 345 g/mol. The number of carbonyl (C=O) groups is 2. The highest BCUT2D eigenvalue weighted by Crippen LogP contribution is 2.16. The van der Waals surface area contributed by atoms with Gasteiger partial charge >= 0.3 is 0 Å². The normalized spacial score (nSPS) is 11.0. The first-order valence-corrected chi connectivity index (χ1v) is 6.91. The maximum atomic E-state index is 12.1. The van der Waals surface area contributed by atoms with Gasteiger partial charge in [0.2, 0.25) is 0 Å². The molecule has 0 unspecified atom stereocenters. The average Bonchev–Trinajstić information content (AvgIpc) is 2.48. The van der Waals surface area contributed by atoms with Gasteiger partial charge in [0.05, 0.1) is 17.2 Å². The van der Waals surface area contributed by atoms with Gasteiger partial charge in [-0.05, 0) is 39.7 Å². The zero-order valence-corrected chi connectivity index (χ0v) is 12.5. The molecule has 2 aromatic carbocycles. The van der Waals surface area contributed by atoms with Crippen molar-refractivity contribution in [3.8, 4) is 0 Å². The lowest BCUT2D eigenvalue weighted by Gasteiger charge is -2.12. The molecule has 1 amide bonds. The van der Waals surface area contributed by atoms with E-state index in [0.717, 1.165) is 0 Å². The van der Waals surface area contributed by atoms with Crippen LogP contribution in [0.1, 0.15) is 15.9 Å². The number of nitrogens with one attached hydrogen (secondary N) is 1. The molecule has 0 radical (unpaired) electrons. The minimum Gasteiger partial charge on any atom is -0.543 e. The number of carboxylic acids is 1. The maximum absolute atomic E-state index is 12.1. The van der Waals surface area contributed by atoms with Gasteiger partial charge in [0.15, 0.2) is 0 Å². The topological polar surface area (TPSA) is 69.2 Å². The second-order valence-corrected chi connectivity index (χ2v) is 5.04. The van der Waals surface area contributed by atoms with Crippen LogP contribution >= 0.6 is 15.9 Å². The summed E-state index contributed by atoms with van der Waals surface area (Å²) in [6.07, 6.45) is 1.35. The zero-order valence-electron chi connectivity index (χ0n) is 10.9. The smallest absolute Gasteiger partial charge is 0.256 e. The molecule has 2 rings (SSSR count). The quantitative estimate of drug-likeness (QED) is 0.862. The van der Waals surface area contributed by atoms with Crippen molar-refractivity contribution in [3.05, 3.63) is 75.9 Å². The molecule has 0 fully saturated rings. The van der Waals surface area contributed by atoms with Crippen molar-refractivity contribution in [1.29, 1.82) is 0 Å². The van der Waals surface area contributed by atoms with Gasteiger partial charge in [0.1, 0.15) is 0 Å². The number of hydrogen-bond donors (Lipinski definition) is 1. The number of amides is 1. The fraction of sp³-hybridized carbons (Fsp3) is 0. The Hall–Kier alpha value is -2.40. The van der Waals surface area contributed by atoms with Gasteiger partial charge in [0.25, 0.3) is 5.91 Å². The third-order valence-electron chi connectivity index (χ3n) is 2.70. The van der Waals surface area contributed by atoms with E-state index in [1.54, 1.807) is 48.5 Å². The highest BCUT2D eigenvalue weighted by Gasteiger charge is 2.11. The lowest BCUT2D eigenvalue weighted by Crippen LogP contribution is -2.35. The van der Waals surface area contributed by atoms with E-state index in [9.17, 15) is 14.7 Å². The molecular formula is C16H11BrNO3-. The molecule has 0 aromatic heterocycles. The lowest BCUT2D eigenvalue weighted by atomic mass is 10.1. The molecule has 1 N–H and O–H groups in total. The number of rotatable bonds is 4. The van der Waals surface area contributed by atoms with Crippen LogP contribution in [0.3, 0.4) is 0 Å². The molecule has 2 aromatic rings. The third-order valence-corrected chi connectivity index (χ3v) is 3.39. The van der Waals surface area contributed by atoms with Crippen molar-refractivity contribution < 1.29 is 14.7 Å². The molecule has 0 saturated heterocycles. The Morgan fingerprint density at radius 2 is 1.62 bits per heavy atom. The van der Waals surface area contributed by atoms with Crippen molar-refractivity contribution >= 4 is 33.9 Å². The Morgan fingerprint density at radius 3 is 2.24 bits per heavy atom. The summed E-state index contributed by atoms with van der Waals surface area (Å²) in [7, 11) is 0. The summed E-state index contributed by atoms with van der Waals surface area (Å²) < 4.78 is 0.583. The summed E-state index contributed by atoms with van der Waals surface area (Å²) in [6, 6.07) is 15.6. The molecule has 5 heteroatoms. The number of carbonyl (C=O) groups excluding carboxylic acids is 2. The van der Waals surface area contributed by atoms with E-state index in [2.05, 4.69) is 21.2 Å². The Labute approximate surface area is 130 Å². The molecule has 4 nitrogen and oxygen atoms in total. The highest BCUT2D eigenvalue weighted by molar-refractivity contribution is 9.10. The van der Waals surface area contributed by atoms with Crippen LogP contribution in [0.15, 0.2) is 64.8 Å². The van der Waals surface area contributed by atoms with Gasteiger partial charge in [-0.25, -0.2) is 0 Å². The number of carboxylic acid groups (broad SMARTS) is 1. The van der Waals surface area contributed by atoms with E-state index >= 15 is 0 Å². The SMILES string of the molecule is O=C([O-])/C(=C/c1ccccc1)NC(=O)c1ccccc1Br. The van der Waals surface area contributed by atoms with Gasteiger partial charge in [0, 0.05) is 4.47 Å². The zero-order chi connectivity index (χ0) is 15.2. The molecule has 0 saturated carbocycles. The summed E-state index contributed by atoms with van der Waals surface area (Å²) in [5.74, 6) is -1.96. The molecule has 0 spiro atoms. The molecule has 0 bridgehead atoms. The predicted octanol–water partition coefficient (Wildman–Crippen LogP) is 1.97. The van der Waals surface area contributed by atoms with Crippen LogP contribution in [0.25, 0.3) is 6.08 Å². The fourth-order valence-corrected chi connectivity index (χ4v) is 2.16. The molecule has 106 valence electrons. The molecular weight excluding hydrogens is 334 g/mol. The first kappa shape index (κ1) is 15.0. The first-order valence-electron chi connectivity index (χ1n) is 6.12. The van der Waals surface area contributed by atoms with Crippen LogP contribution in [0.2, 0.25) is 0 Å². The summed E-state index contributed by atoms with van der Waals surface area (Å²) in [5.41, 5.74) is 0.712. The second kappa shape index (κ2) is 6.85. The van der Waals surface area contributed by atoms with E-state index in [4.69, 9.17) is 0 Å². The Bertz CT molecular complexity index is 696. The molecule has 0 aliphatic rings. The number of halogens is 1. The van der Waals surface area contributed by atoms with Gasteiger partial charge in [-0.2, -0.15) is 0 Å². The summed E-state index contributed by atoms with van der Waals surface area (Å²) >= 11 is 3.25. The summed E-state index contributed by atoms with van der Waals surface area (Å²) in [5, 5.41) is 13.5. The van der Waals surface area contributed by atoms with E-state index in [1.807, 2.05) is 6.07 Å². The van der Waals surface area contributed by atoms with Crippen molar-refractivity contribution in [2.75, 3.05) is 0 Å². The summed E-state index contributed by atoms with van der Waals surface area (Å²) in [6.45, 7) is 0. The van der Waals surface area contributed by atoms with Crippen LogP contribution in [-0.4, -0.2) is 11.9 Å². The third kappa shape index (κ3) is 4.03. The van der Waals surface area contributed by atoms with E-state index in [0.29, 0.717) is 15.6 Å². The molecule has 0 heterocycles. The molecule has 21 heavy (non-hydrogen) atoms. The molecule has 0 aliphatic carbocycles. The van der Waals surface area contributed by atoms with Crippen LogP contribution in [-0.2, 0) is 4.79 Å². The standard InChI is InChI=1S/C16H12BrNO3/c17-13-9-5-4-8-12(13)15(19)18-14(16(20)21)10-11-6-2-1-3-7-11/h1-10H,(H,18,19)(H,20,21)/p-1/b14-10-. The highest BCUT2D eigenvalue weighted by atomic mass is 79.9. The first-order chi connectivity index (χ1) is 10.1. The fourth-order valence-electron chi connectivity index (χ4n) is 1.70. The van der Waals surface area contributed by atoms with Gasteiger partial charge in [-0.15, -0.1) is 0 Å². The second-order valence-electron chi connectivity index (χ2n) is 4.19. The van der Waals surface area contributed by atoms with Crippen molar-refractivity contribution in [2.45, 2.75) is 0 Å². The van der Waals surface area contributed by atoms with E-state index in [1.165, 1.54) is 6.08 Å². The van der Waals surface area contributed by atoms with Crippen LogP contribution in [0.5, 0.6) is 0 Å². The Kier molecular flexibility index (Phi) is 4.90. The van der Waals surface area contributed by atoms with Gasteiger partial charge in [-0.3, -0.25) is 4.79 Å². The summed E-state index contributed by atoms with van der Waals surface area (Å²) in [4.78, 5) is 23.2. The number of benzene rings is 2. The van der Waals surface area contributed by atoms with E-state index in [-0.39, 0.29) is 5.70 Å². The van der Waals surface area contributed by atoms with Crippen LogP contribution < -0.4 is 10.4 Å². The van der Waals surface area contributed by atoms with E-state index < -0.39 is 11.9 Å². The van der Waals surface area contributed by atoms with Crippen LogP contribution in [0, 0.1) is 0 Å². The molecule has 0 atom stereocenters. The van der Waals surface area contributed by atoms with Crippen molar-refractivity contribution in [3.63, 3.8) is 0 Å². The predicted molar refractivity (Wildman–Crippen MR) is 81.0 cm³/mol. The van der Waals surface area contributed by atoms with Crippen LogP contribution in [0.4, 0.5) is 0 Å². The number of hydrogen-bond acceptors (Lipinski definition) is 3. The number of aliphatic carboxylic acids is 1. The molecule has 0 aliphatic heterocycles. The van der Waals surface area contributed by atoms with Crippen molar-refractivity contribution in [1.82, 2.24) is 5.32 Å². The monoisotopic (exact) mass is 344 g/mol. The minimum atomic E-state index is -1.45. The minimum absolute atomic E-state index is 0.290.